The van der Waals surface area contributed by atoms with Crippen LogP contribution in [0.25, 0.3) is 58.4 Å². The fourth-order valence-corrected chi connectivity index (χ4v) is 9.05. The van der Waals surface area contributed by atoms with Gasteiger partial charge in [-0.15, -0.1) is 11.3 Å². The molecule has 0 saturated heterocycles. The summed E-state index contributed by atoms with van der Waals surface area (Å²) in [5.41, 5.74) is 9.97. The predicted molar refractivity (Wildman–Crippen MR) is 198 cm³/mol. The molecule has 1 aliphatic heterocycles. The highest BCUT2D eigenvalue weighted by Crippen LogP contribution is 2.49. The normalized spacial score (nSPS) is 13.6. The molecule has 0 unspecified atom stereocenters. The molecule has 0 atom stereocenters. The van der Waals surface area contributed by atoms with E-state index in [4.69, 9.17) is 0 Å². The third-order valence-corrected chi connectivity index (χ3v) is 11.3. The van der Waals surface area contributed by atoms with Crippen molar-refractivity contribution in [3.8, 4) is 5.69 Å². The Bertz CT molecular complexity index is 2690. The molecular formula is C43H30N2S. The van der Waals surface area contributed by atoms with Crippen LogP contribution in [0.2, 0.25) is 0 Å². The van der Waals surface area contributed by atoms with E-state index in [1.165, 1.54) is 69.6 Å². The number of hydrogen-bond donors (Lipinski definition) is 0. The highest BCUT2D eigenvalue weighted by Gasteiger charge is 2.34. The van der Waals surface area contributed by atoms with Crippen LogP contribution in [0.3, 0.4) is 0 Å². The summed E-state index contributed by atoms with van der Waals surface area (Å²) in [6, 6.07) is 53.9. The van der Waals surface area contributed by atoms with Gasteiger partial charge in [-0.2, -0.15) is 0 Å². The maximum Gasteiger partial charge on any atom is 0.0582 e. The lowest BCUT2D eigenvalue weighted by Gasteiger charge is -2.34. The van der Waals surface area contributed by atoms with E-state index in [0.717, 1.165) is 17.1 Å². The van der Waals surface area contributed by atoms with Crippen molar-refractivity contribution in [2.45, 2.75) is 19.3 Å². The molecule has 7 aromatic carbocycles. The van der Waals surface area contributed by atoms with Gasteiger partial charge < -0.3 is 9.47 Å². The van der Waals surface area contributed by atoms with Gasteiger partial charge in [-0.3, -0.25) is 0 Å². The summed E-state index contributed by atoms with van der Waals surface area (Å²) in [6.07, 6.45) is 0. The van der Waals surface area contributed by atoms with E-state index in [2.05, 4.69) is 169 Å². The van der Waals surface area contributed by atoms with Gasteiger partial charge in [-0.05, 0) is 76.5 Å². The molecule has 9 aromatic rings. The molecule has 10 rings (SSSR count). The minimum Gasteiger partial charge on any atom is -0.310 e. The van der Waals surface area contributed by atoms with Crippen LogP contribution in [-0.2, 0) is 5.41 Å². The van der Waals surface area contributed by atoms with E-state index in [1.807, 2.05) is 11.3 Å². The number of rotatable bonds is 3. The molecule has 1 aliphatic rings. The molecule has 218 valence electrons. The first-order chi connectivity index (χ1) is 22.6. The molecule has 2 aromatic heterocycles. The number of benzene rings is 7. The number of para-hydroxylation sites is 2. The van der Waals surface area contributed by atoms with Crippen molar-refractivity contribution in [1.82, 2.24) is 4.57 Å². The minimum absolute atomic E-state index is 0.0832. The second-order valence-electron chi connectivity index (χ2n) is 13.0. The highest BCUT2D eigenvalue weighted by molar-refractivity contribution is 7.25. The van der Waals surface area contributed by atoms with Gasteiger partial charge in [0.25, 0.3) is 0 Å². The molecule has 0 amide bonds. The van der Waals surface area contributed by atoms with Crippen molar-refractivity contribution >= 4 is 81.1 Å². The topological polar surface area (TPSA) is 8.17 Å². The monoisotopic (exact) mass is 606 g/mol. The predicted octanol–water partition coefficient (Wildman–Crippen LogP) is 12.4. The second-order valence-corrected chi connectivity index (χ2v) is 14.1. The summed E-state index contributed by atoms with van der Waals surface area (Å²) in [5.74, 6) is 0. The zero-order valence-electron chi connectivity index (χ0n) is 25.7. The van der Waals surface area contributed by atoms with Crippen molar-refractivity contribution in [3.05, 3.63) is 157 Å². The number of nitrogens with zero attached hydrogens (tertiary/aromatic N) is 2. The summed E-state index contributed by atoms with van der Waals surface area (Å²) < 4.78 is 5.12. The lowest BCUT2D eigenvalue weighted by molar-refractivity contribution is 0.630. The fraction of sp³-hybridized carbons (Fsp3) is 0.0698. The van der Waals surface area contributed by atoms with E-state index in [1.54, 1.807) is 0 Å². The second kappa shape index (κ2) is 9.32. The van der Waals surface area contributed by atoms with Crippen LogP contribution in [0.4, 0.5) is 17.1 Å². The average Bonchev–Trinajstić information content (AvgIpc) is 3.63. The first kappa shape index (κ1) is 25.9. The summed E-state index contributed by atoms with van der Waals surface area (Å²) in [5, 5.41) is 7.70. The van der Waals surface area contributed by atoms with Crippen LogP contribution in [0.15, 0.2) is 146 Å². The molecule has 0 saturated carbocycles. The Balaban J connectivity index is 1.25. The Kier molecular flexibility index (Phi) is 5.25. The zero-order valence-corrected chi connectivity index (χ0v) is 26.5. The zero-order chi connectivity index (χ0) is 30.6. The molecule has 0 aliphatic carbocycles. The molecule has 2 nitrogen and oxygen atoms in total. The van der Waals surface area contributed by atoms with E-state index in [-0.39, 0.29) is 5.41 Å². The lowest BCUT2D eigenvalue weighted by atomic mass is 9.75. The van der Waals surface area contributed by atoms with Gasteiger partial charge in [-0.1, -0.05) is 105 Å². The minimum atomic E-state index is -0.0832. The highest BCUT2D eigenvalue weighted by atomic mass is 32.1. The van der Waals surface area contributed by atoms with Crippen LogP contribution in [0, 0.1) is 0 Å². The quantitative estimate of drug-likeness (QED) is 0.194. The van der Waals surface area contributed by atoms with Gasteiger partial charge in [0, 0.05) is 53.4 Å². The molecule has 0 fully saturated rings. The third-order valence-electron chi connectivity index (χ3n) is 10.1. The fourth-order valence-electron chi connectivity index (χ4n) is 7.91. The van der Waals surface area contributed by atoms with Crippen LogP contribution in [0.1, 0.15) is 25.0 Å². The number of thiophene rings is 1. The van der Waals surface area contributed by atoms with Crippen LogP contribution >= 0.6 is 11.3 Å². The molecule has 3 heterocycles. The number of fused-ring (bicyclic) bond motifs is 9. The van der Waals surface area contributed by atoms with Crippen LogP contribution in [-0.4, -0.2) is 4.57 Å². The van der Waals surface area contributed by atoms with Gasteiger partial charge in [0.1, 0.15) is 0 Å². The van der Waals surface area contributed by atoms with Crippen molar-refractivity contribution in [2.24, 2.45) is 0 Å². The summed E-state index contributed by atoms with van der Waals surface area (Å²) in [7, 11) is 0. The van der Waals surface area contributed by atoms with Gasteiger partial charge >= 0.3 is 0 Å². The maximum absolute atomic E-state index is 2.49. The summed E-state index contributed by atoms with van der Waals surface area (Å²) in [6.45, 7) is 4.72. The van der Waals surface area contributed by atoms with E-state index in [0.29, 0.717) is 0 Å². The molecule has 0 N–H and O–H groups in total. The summed E-state index contributed by atoms with van der Waals surface area (Å²) in [4.78, 5) is 2.43. The van der Waals surface area contributed by atoms with Crippen molar-refractivity contribution in [1.29, 1.82) is 0 Å². The van der Waals surface area contributed by atoms with Crippen LogP contribution < -0.4 is 4.90 Å². The van der Waals surface area contributed by atoms with Crippen molar-refractivity contribution in [2.75, 3.05) is 4.90 Å². The maximum atomic E-state index is 2.49. The Hall–Kier alpha value is -5.38. The first-order valence-electron chi connectivity index (χ1n) is 15.9. The average molecular weight is 607 g/mol. The van der Waals surface area contributed by atoms with E-state index < -0.39 is 0 Å². The Morgan fingerprint density at radius 3 is 2.11 bits per heavy atom. The van der Waals surface area contributed by atoms with E-state index >= 15 is 0 Å². The molecule has 0 radical (unpaired) electrons. The van der Waals surface area contributed by atoms with Gasteiger partial charge in [0.15, 0.2) is 0 Å². The van der Waals surface area contributed by atoms with Gasteiger partial charge in [0.05, 0.1) is 16.7 Å². The molecule has 3 heteroatoms. The molecule has 0 bridgehead atoms. The van der Waals surface area contributed by atoms with Gasteiger partial charge in [0.2, 0.25) is 0 Å². The van der Waals surface area contributed by atoms with Crippen molar-refractivity contribution in [3.63, 3.8) is 0 Å². The molecular weight excluding hydrogens is 577 g/mol. The molecule has 46 heavy (non-hydrogen) atoms. The first-order valence-corrected chi connectivity index (χ1v) is 16.8. The van der Waals surface area contributed by atoms with Crippen molar-refractivity contribution < 1.29 is 0 Å². The Morgan fingerprint density at radius 2 is 1.17 bits per heavy atom. The third kappa shape index (κ3) is 3.52. The summed E-state index contributed by atoms with van der Waals surface area (Å²) >= 11 is 1.87. The smallest absolute Gasteiger partial charge is 0.0582 e. The lowest BCUT2D eigenvalue weighted by Crippen LogP contribution is -2.26. The number of hydrogen-bond acceptors (Lipinski definition) is 2. The number of anilines is 3. The molecule has 0 spiro atoms. The van der Waals surface area contributed by atoms with Crippen LogP contribution in [0.5, 0.6) is 0 Å². The largest absolute Gasteiger partial charge is 0.310 e. The Morgan fingerprint density at radius 1 is 0.500 bits per heavy atom. The Labute approximate surface area is 271 Å². The van der Waals surface area contributed by atoms with E-state index in [9.17, 15) is 0 Å². The van der Waals surface area contributed by atoms with Gasteiger partial charge in [-0.25, -0.2) is 0 Å². The standard InChI is InChI=1S/C43H30N2S/c1-43(2)36-14-6-7-16-39(36)45-38-23-21-30(25-35(38)34-13-9-15-37(43)42(34)45)44(29-19-18-27-10-3-4-11-28(27)24-29)31-20-22-33-32-12-5-8-17-40(32)46-41(33)26-31/h3-26H,1-2H3. The number of aromatic nitrogens is 1. The SMILES string of the molecule is CC1(C)c2ccccc2-n2c3ccc(N(c4ccc5ccccc5c4)c4ccc5c(c4)sc4ccccc45)cc3c3cccc1c32.